The molecule has 3 rings (SSSR count). The fourth-order valence-corrected chi connectivity index (χ4v) is 4.08. The molecule has 1 aromatic carbocycles. The van der Waals surface area contributed by atoms with Gasteiger partial charge in [0.05, 0.1) is 13.7 Å². The Balaban J connectivity index is 1.45. The number of methoxy groups -OCH3 is 1. The standard InChI is InChI=1S/C22H32N2O4/c1-27-21(25)8-2-5-16-28-20-11-9-18(10-12-20)22(26)24-15-6-7-19(24)17-23-13-3-4-14-23/h9-12,19H,2-8,13-17H2,1H3/t19-/m0/s1. The largest absolute Gasteiger partial charge is 0.494 e. The zero-order valence-electron chi connectivity index (χ0n) is 16.9. The highest BCUT2D eigenvalue weighted by Gasteiger charge is 2.31. The van der Waals surface area contributed by atoms with Crippen LogP contribution in [0.2, 0.25) is 0 Å². The summed E-state index contributed by atoms with van der Waals surface area (Å²) in [6.07, 6.45) is 6.72. The molecule has 28 heavy (non-hydrogen) atoms. The summed E-state index contributed by atoms with van der Waals surface area (Å²) in [6.45, 7) is 4.76. The molecule has 2 saturated heterocycles. The van der Waals surface area contributed by atoms with E-state index in [-0.39, 0.29) is 11.9 Å². The predicted octanol–water partition coefficient (Wildman–Crippen LogP) is 3.11. The lowest BCUT2D eigenvalue weighted by atomic mass is 10.1. The zero-order chi connectivity index (χ0) is 19.8. The van der Waals surface area contributed by atoms with Crippen LogP contribution in [-0.2, 0) is 9.53 Å². The van der Waals surface area contributed by atoms with E-state index in [2.05, 4.69) is 14.5 Å². The molecule has 0 N–H and O–H groups in total. The van der Waals surface area contributed by atoms with Gasteiger partial charge in [-0.2, -0.15) is 0 Å². The number of hydrogen-bond donors (Lipinski definition) is 0. The van der Waals surface area contributed by atoms with Gasteiger partial charge in [-0.05, 0) is 75.9 Å². The molecular formula is C22H32N2O4. The minimum atomic E-state index is -0.187. The minimum absolute atomic E-state index is 0.131. The van der Waals surface area contributed by atoms with Crippen LogP contribution in [0.25, 0.3) is 0 Å². The number of amides is 1. The average molecular weight is 389 g/mol. The van der Waals surface area contributed by atoms with Gasteiger partial charge >= 0.3 is 5.97 Å². The first kappa shape index (κ1) is 20.6. The maximum absolute atomic E-state index is 13.0. The van der Waals surface area contributed by atoms with Crippen LogP contribution in [0.5, 0.6) is 5.75 Å². The van der Waals surface area contributed by atoms with Crippen LogP contribution < -0.4 is 4.74 Å². The van der Waals surface area contributed by atoms with E-state index in [0.717, 1.165) is 50.1 Å². The lowest BCUT2D eigenvalue weighted by Gasteiger charge is -2.28. The molecule has 6 heteroatoms. The van der Waals surface area contributed by atoms with E-state index in [1.165, 1.54) is 33.0 Å². The van der Waals surface area contributed by atoms with Crippen LogP contribution in [0.3, 0.4) is 0 Å². The summed E-state index contributed by atoms with van der Waals surface area (Å²) in [7, 11) is 1.40. The molecule has 2 fully saturated rings. The topological polar surface area (TPSA) is 59.1 Å². The highest BCUT2D eigenvalue weighted by atomic mass is 16.5. The molecule has 0 aliphatic carbocycles. The third-order valence-corrected chi connectivity index (χ3v) is 5.68. The number of esters is 1. The van der Waals surface area contributed by atoms with Gasteiger partial charge in [0.15, 0.2) is 0 Å². The minimum Gasteiger partial charge on any atom is -0.494 e. The average Bonchev–Trinajstić information content (AvgIpc) is 3.40. The van der Waals surface area contributed by atoms with Gasteiger partial charge in [0.25, 0.3) is 5.91 Å². The van der Waals surface area contributed by atoms with Crippen molar-refractivity contribution < 1.29 is 19.1 Å². The summed E-state index contributed by atoms with van der Waals surface area (Å²) in [5.74, 6) is 0.698. The number of likely N-dealkylation sites (tertiary alicyclic amines) is 2. The normalized spacial score (nSPS) is 19.8. The summed E-state index contributed by atoms with van der Waals surface area (Å²) in [5.41, 5.74) is 0.728. The second-order valence-corrected chi connectivity index (χ2v) is 7.71. The SMILES string of the molecule is COC(=O)CCCCOc1ccc(C(=O)N2CCC[C@H]2CN2CCCC2)cc1. The zero-order valence-corrected chi connectivity index (χ0v) is 16.9. The molecule has 1 aromatic rings. The van der Waals surface area contributed by atoms with Crippen molar-refractivity contribution in [2.75, 3.05) is 39.9 Å². The van der Waals surface area contributed by atoms with Gasteiger partial charge in [-0.25, -0.2) is 0 Å². The second-order valence-electron chi connectivity index (χ2n) is 7.71. The number of carbonyl (C=O) groups excluding carboxylic acids is 2. The predicted molar refractivity (Wildman–Crippen MR) is 108 cm³/mol. The maximum atomic E-state index is 13.0. The molecule has 0 radical (unpaired) electrons. The van der Waals surface area contributed by atoms with E-state index in [0.29, 0.717) is 19.1 Å². The van der Waals surface area contributed by atoms with Crippen molar-refractivity contribution in [1.82, 2.24) is 9.80 Å². The molecule has 1 atom stereocenters. The van der Waals surface area contributed by atoms with Crippen LogP contribution in [0.4, 0.5) is 0 Å². The number of unbranched alkanes of at least 4 members (excludes halogenated alkanes) is 1. The van der Waals surface area contributed by atoms with Gasteiger partial charge in [-0.15, -0.1) is 0 Å². The Labute approximate surface area is 167 Å². The summed E-state index contributed by atoms with van der Waals surface area (Å²) in [4.78, 5) is 28.6. The Morgan fingerprint density at radius 1 is 1.04 bits per heavy atom. The number of rotatable bonds is 9. The number of nitrogens with zero attached hydrogens (tertiary/aromatic N) is 2. The van der Waals surface area contributed by atoms with E-state index in [1.54, 1.807) is 0 Å². The molecule has 1 amide bonds. The van der Waals surface area contributed by atoms with Crippen LogP contribution in [0.15, 0.2) is 24.3 Å². The number of carbonyl (C=O) groups is 2. The Bertz CT molecular complexity index is 640. The Kier molecular flexibility index (Phi) is 7.71. The van der Waals surface area contributed by atoms with Crippen molar-refractivity contribution in [3.05, 3.63) is 29.8 Å². The van der Waals surface area contributed by atoms with Gasteiger partial charge in [0.2, 0.25) is 0 Å². The molecule has 154 valence electrons. The molecular weight excluding hydrogens is 356 g/mol. The van der Waals surface area contributed by atoms with Crippen molar-refractivity contribution in [2.45, 2.75) is 51.0 Å². The van der Waals surface area contributed by atoms with Gasteiger partial charge in [-0.1, -0.05) is 0 Å². The molecule has 0 aromatic heterocycles. The second kappa shape index (κ2) is 10.5. The number of ether oxygens (including phenoxy) is 2. The van der Waals surface area contributed by atoms with E-state index in [1.807, 2.05) is 24.3 Å². The van der Waals surface area contributed by atoms with Crippen molar-refractivity contribution in [3.8, 4) is 5.75 Å². The first-order valence-electron chi connectivity index (χ1n) is 10.5. The van der Waals surface area contributed by atoms with E-state index < -0.39 is 0 Å². The van der Waals surface area contributed by atoms with Crippen molar-refractivity contribution in [1.29, 1.82) is 0 Å². The Morgan fingerprint density at radius 3 is 2.50 bits per heavy atom. The highest BCUT2D eigenvalue weighted by Crippen LogP contribution is 2.23. The Morgan fingerprint density at radius 2 is 1.79 bits per heavy atom. The fourth-order valence-electron chi connectivity index (χ4n) is 4.08. The van der Waals surface area contributed by atoms with Gasteiger partial charge < -0.3 is 19.3 Å². The third kappa shape index (κ3) is 5.71. The maximum Gasteiger partial charge on any atom is 0.305 e. The lowest BCUT2D eigenvalue weighted by molar-refractivity contribution is -0.140. The summed E-state index contributed by atoms with van der Waals surface area (Å²) >= 11 is 0. The summed E-state index contributed by atoms with van der Waals surface area (Å²) < 4.78 is 10.3. The fraction of sp³-hybridized carbons (Fsp3) is 0.636. The van der Waals surface area contributed by atoms with E-state index >= 15 is 0 Å². The molecule has 6 nitrogen and oxygen atoms in total. The van der Waals surface area contributed by atoms with E-state index in [4.69, 9.17) is 4.74 Å². The third-order valence-electron chi connectivity index (χ3n) is 5.68. The first-order valence-corrected chi connectivity index (χ1v) is 10.5. The summed E-state index contributed by atoms with van der Waals surface area (Å²) in [5, 5.41) is 0. The molecule has 0 bridgehead atoms. The molecule has 2 heterocycles. The lowest BCUT2D eigenvalue weighted by Crippen LogP contribution is -2.42. The molecule has 0 saturated carbocycles. The van der Waals surface area contributed by atoms with Gasteiger partial charge in [0, 0.05) is 31.1 Å². The first-order chi connectivity index (χ1) is 13.7. The highest BCUT2D eigenvalue weighted by molar-refractivity contribution is 5.94. The Hall–Kier alpha value is -2.08. The van der Waals surface area contributed by atoms with Crippen molar-refractivity contribution in [2.24, 2.45) is 0 Å². The van der Waals surface area contributed by atoms with Gasteiger partial charge in [-0.3, -0.25) is 9.59 Å². The number of hydrogen-bond acceptors (Lipinski definition) is 5. The molecule has 2 aliphatic heterocycles. The summed E-state index contributed by atoms with van der Waals surface area (Å²) in [6, 6.07) is 7.78. The van der Waals surface area contributed by atoms with E-state index in [9.17, 15) is 9.59 Å². The molecule has 2 aliphatic rings. The van der Waals surface area contributed by atoms with Crippen LogP contribution in [0, 0.1) is 0 Å². The number of benzene rings is 1. The van der Waals surface area contributed by atoms with Crippen molar-refractivity contribution >= 4 is 11.9 Å². The van der Waals surface area contributed by atoms with Crippen LogP contribution in [0.1, 0.15) is 55.3 Å². The van der Waals surface area contributed by atoms with Gasteiger partial charge in [0.1, 0.15) is 5.75 Å². The monoisotopic (exact) mass is 388 g/mol. The molecule has 0 unspecified atom stereocenters. The quantitative estimate of drug-likeness (QED) is 0.481. The van der Waals surface area contributed by atoms with Crippen LogP contribution >= 0.6 is 0 Å². The van der Waals surface area contributed by atoms with Crippen molar-refractivity contribution in [3.63, 3.8) is 0 Å². The smallest absolute Gasteiger partial charge is 0.305 e. The van der Waals surface area contributed by atoms with Crippen LogP contribution in [-0.4, -0.2) is 67.6 Å². The molecule has 0 spiro atoms.